The molecule has 4 aromatic rings. The van der Waals surface area contributed by atoms with Gasteiger partial charge in [-0.1, -0.05) is 11.6 Å². The van der Waals surface area contributed by atoms with Gasteiger partial charge in [0.1, 0.15) is 17.1 Å². The minimum absolute atomic E-state index is 0.0674. The highest BCUT2D eigenvalue weighted by atomic mass is 35.5. The van der Waals surface area contributed by atoms with E-state index in [1.807, 2.05) is 48.5 Å². The standard InChI is InChI=1S/C52H67ClN2O14/c1-54(19-15-32-23-39(58-3)41(60-5)29-36(32)48(54)34-25-43(62-7)50(66-11)44(26-34)63-8)17-13-21-68-47(56)31-38(53)52(57)69-22-14-18-55(2)20-16-33-24-40(59-4)42(61-6)30-37(33)49(55)35-27-45(64-9)51(67-12)46(28-35)65-10/h23-31,48-49H,13-22H2,1-12H3/q+2/b38-31+/t48-,49-,54-,55-/m0/s1. The van der Waals surface area contributed by atoms with Crippen molar-refractivity contribution in [1.29, 1.82) is 0 Å². The number of carbonyl (C=O) groups is 2. The molecule has 0 saturated carbocycles. The molecule has 2 aliphatic rings. The van der Waals surface area contributed by atoms with Crippen molar-refractivity contribution in [2.24, 2.45) is 0 Å². The smallest absolute Gasteiger partial charge is 0.350 e. The van der Waals surface area contributed by atoms with Gasteiger partial charge in [-0.25, -0.2) is 9.59 Å². The molecule has 0 unspecified atom stereocenters. The van der Waals surface area contributed by atoms with Crippen LogP contribution in [-0.4, -0.2) is 145 Å². The molecule has 0 amide bonds. The summed E-state index contributed by atoms with van der Waals surface area (Å²) in [4.78, 5) is 26.1. The number of benzene rings is 4. The number of halogens is 1. The van der Waals surface area contributed by atoms with E-state index in [0.717, 1.165) is 65.4 Å². The lowest BCUT2D eigenvalue weighted by atomic mass is 9.85. The topological polar surface area (TPSA) is 145 Å². The highest BCUT2D eigenvalue weighted by Crippen LogP contribution is 2.50. The lowest BCUT2D eigenvalue weighted by Gasteiger charge is -2.46. The maximum absolute atomic E-state index is 13.1. The minimum Gasteiger partial charge on any atom is -0.493 e. The first-order valence-corrected chi connectivity index (χ1v) is 23.1. The Morgan fingerprint density at radius 2 is 0.855 bits per heavy atom. The van der Waals surface area contributed by atoms with Crippen molar-refractivity contribution >= 4 is 23.5 Å². The summed E-state index contributed by atoms with van der Waals surface area (Å²) >= 11 is 6.36. The average molecular weight is 980 g/mol. The molecule has 0 spiro atoms. The lowest BCUT2D eigenvalue weighted by molar-refractivity contribution is -0.935. The highest BCUT2D eigenvalue weighted by molar-refractivity contribution is 6.42. The Labute approximate surface area is 410 Å². The Hall–Kier alpha value is -6.23. The van der Waals surface area contributed by atoms with Gasteiger partial charge in [0, 0.05) is 54.0 Å². The van der Waals surface area contributed by atoms with E-state index in [-0.39, 0.29) is 30.3 Å². The number of fused-ring (bicyclic) bond motifs is 2. The van der Waals surface area contributed by atoms with Crippen LogP contribution in [0.4, 0.5) is 0 Å². The number of methoxy groups -OCH3 is 10. The van der Waals surface area contributed by atoms with E-state index in [9.17, 15) is 9.59 Å². The van der Waals surface area contributed by atoms with Crippen molar-refractivity contribution in [3.8, 4) is 57.5 Å². The Bertz CT molecular complexity index is 2460. The van der Waals surface area contributed by atoms with Crippen LogP contribution in [0.5, 0.6) is 57.5 Å². The Balaban J connectivity index is 1.11. The van der Waals surface area contributed by atoms with Gasteiger partial charge in [-0.3, -0.25) is 0 Å². The van der Waals surface area contributed by atoms with Crippen LogP contribution < -0.4 is 47.4 Å². The molecule has 374 valence electrons. The summed E-state index contributed by atoms with van der Waals surface area (Å²) in [7, 11) is 20.4. The zero-order valence-electron chi connectivity index (χ0n) is 41.9. The van der Waals surface area contributed by atoms with Gasteiger partial charge in [-0.05, 0) is 59.7 Å². The second kappa shape index (κ2) is 22.9. The van der Waals surface area contributed by atoms with Gasteiger partial charge >= 0.3 is 11.9 Å². The largest absolute Gasteiger partial charge is 0.493 e. The van der Waals surface area contributed by atoms with E-state index < -0.39 is 11.9 Å². The van der Waals surface area contributed by atoms with Crippen molar-refractivity contribution in [3.05, 3.63) is 93.0 Å². The second-order valence-corrected chi connectivity index (χ2v) is 17.8. The van der Waals surface area contributed by atoms with Gasteiger partial charge in [-0.15, -0.1) is 0 Å². The third-order valence-corrected chi connectivity index (χ3v) is 13.7. The van der Waals surface area contributed by atoms with E-state index >= 15 is 0 Å². The van der Waals surface area contributed by atoms with Crippen LogP contribution in [0.15, 0.2) is 59.6 Å². The molecular formula is C52H67ClN2O14+2. The molecule has 69 heavy (non-hydrogen) atoms. The number of esters is 2. The normalized spacial score (nSPS) is 19.5. The van der Waals surface area contributed by atoms with Crippen LogP contribution >= 0.6 is 11.6 Å². The molecule has 0 fully saturated rings. The summed E-state index contributed by atoms with van der Waals surface area (Å²) in [6.45, 7) is 2.96. The minimum atomic E-state index is -0.816. The number of nitrogens with zero attached hydrogens (tertiary/aromatic N) is 2. The second-order valence-electron chi connectivity index (χ2n) is 17.4. The van der Waals surface area contributed by atoms with Gasteiger partial charge in [-0.2, -0.15) is 0 Å². The van der Waals surface area contributed by atoms with Gasteiger partial charge < -0.3 is 65.8 Å². The summed E-state index contributed by atoms with van der Waals surface area (Å²) in [6.07, 6.45) is 3.53. The molecule has 6 rings (SSSR count). The van der Waals surface area contributed by atoms with Crippen LogP contribution in [0, 0.1) is 0 Å². The summed E-state index contributed by atoms with van der Waals surface area (Å²) in [5.41, 5.74) is 6.29. The van der Waals surface area contributed by atoms with Gasteiger partial charge in [0.15, 0.2) is 46.0 Å². The van der Waals surface area contributed by atoms with E-state index in [2.05, 4.69) is 14.1 Å². The fourth-order valence-corrected chi connectivity index (χ4v) is 10.2. The SMILES string of the molecule is COc1cc2c(cc1OC)[C@H](c1cc(OC)c(OC)c(OC)c1)[N@@+](C)(CCCOC(=O)/C=C(/Cl)C(=O)OCCC[N@@+]1(C)CCc3cc(OC)c(OC)cc3[C@@H]1c1cc(OC)c(OC)c(OC)c1)CC2. The van der Waals surface area contributed by atoms with Crippen molar-refractivity contribution in [3.63, 3.8) is 0 Å². The molecule has 0 N–H and O–H groups in total. The van der Waals surface area contributed by atoms with Crippen molar-refractivity contribution in [2.75, 3.05) is 125 Å². The summed E-state index contributed by atoms with van der Waals surface area (Å²) in [5, 5.41) is -0.373. The Morgan fingerprint density at radius 1 is 0.507 bits per heavy atom. The van der Waals surface area contributed by atoms with E-state index in [4.69, 9.17) is 68.4 Å². The van der Waals surface area contributed by atoms with Gasteiger partial charge in [0.25, 0.3) is 0 Å². The zero-order chi connectivity index (χ0) is 50.0. The number of hydrogen-bond donors (Lipinski definition) is 0. The Morgan fingerprint density at radius 3 is 1.20 bits per heavy atom. The lowest BCUT2D eigenvalue weighted by Crippen LogP contribution is -2.52. The van der Waals surface area contributed by atoms with E-state index in [1.165, 1.54) is 0 Å². The quantitative estimate of drug-likeness (QED) is 0.0329. The first kappa shape index (κ1) is 52.1. The molecule has 0 aromatic heterocycles. The maximum Gasteiger partial charge on any atom is 0.350 e. The van der Waals surface area contributed by atoms with Crippen molar-refractivity contribution in [1.82, 2.24) is 0 Å². The first-order chi connectivity index (χ1) is 33.2. The Kier molecular flexibility index (Phi) is 17.3. The molecule has 17 heteroatoms. The number of rotatable bonds is 22. The van der Waals surface area contributed by atoms with E-state index in [1.54, 1.807) is 71.1 Å². The number of quaternary nitrogens is 2. The van der Waals surface area contributed by atoms with E-state index in [0.29, 0.717) is 92.4 Å². The summed E-state index contributed by atoms with van der Waals surface area (Å²) < 4.78 is 69.5. The molecule has 16 nitrogen and oxygen atoms in total. The number of likely N-dealkylation sites (N-methyl/N-ethyl adjacent to an activating group) is 2. The third kappa shape index (κ3) is 11.0. The average Bonchev–Trinajstić information content (AvgIpc) is 3.36. The molecule has 4 atom stereocenters. The van der Waals surface area contributed by atoms with Crippen LogP contribution in [0.3, 0.4) is 0 Å². The summed E-state index contributed by atoms with van der Waals surface area (Å²) in [5.74, 6) is 4.12. The summed E-state index contributed by atoms with van der Waals surface area (Å²) in [6, 6.07) is 15.6. The van der Waals surface area contributed by atoms with Crippen LogP contribution in [0.1, 0.15) is 58.3 Å². The molecule has 2 aliphatic heterocycles. The van der Waals surface area contributed by atoms with Crippen molar-refractivity contribution in [2.45, 2.75) is 37.8 Å². The molecule has 0 radical (unpaired) electrons. The van der Waals surface area contributed by atoms with Crippen LogP contribution in [0.25, 0.3) is 0 Å². The fourth-order valence-electron chi connectivity index (χ4n) is 10.0. The van der Waals surface area contributed by atoms with Gasteiger partial charge in [0.05, 0.1) is 125 Å². The number of carbonyl (C=O) groups excluding carboxylic acids is 2. The first-order valence-electron chi connectivity index (χ1n) is 22.7. The number of ether oxygens (including phenoxy) is 12. The van der Waals surface area contributed by atoms with Crippen LogP contribution in [-0.2, 0) is 31.9 Å². The van der Waals surface area contributed by atoms with Gasteiger partial charge in [0.2, 0.25) is 11.5 Å². The predicted molar refractivity (Wildman–Crippen MR) is 259 cm³/mol. The third-order valence-electron chi connectivity index (χ3n) is 13.5. The molecule has 0 bridgehead atoms. The van der Waals surface area contributed by atoms with Crippen molar-refractivity contribution < 1.29 is 75.4 Å². The molecule has 2 heterocycles. The zero-order valence-corrected chi connectivity index (χ0v) is 42.7. The monoisotopic (exact) mass is 978 g/mol. The predicted octanol–water partition coefficient (Wildman–Crippen LogP) is 7.65. The van der Waals surface area contributed by atoms with Crippen LogP contribution in [0.2, 0.25) is 0 Å². The number of hydrogen-bond acceptors (Lipinski definition) is 14. The fraction of sp³-hybridized carbons (Fsp3) is 0.462. The highest BCUT2D eigenvalue weighted by Gasteiger charge is 2.43. The molecule has 0 aliphatic carbocycles. The maximum atomic E-state index is 13.1. The molecule has 0 saturated heterocycles. The molecule has 4 aromatic carbocycles. The molecular weight excluding hydrogens is 912 g/mol.